The number of benzene rings is 1. The van der Waals surface area contributed by atoms with Crippen LogP contribution < -0.4 is 10.1 Å². The van der Waals surface area contributed by atoms with Crippen LogP contribution in [-0.2, 0) is 0 Å². The van der Waals surface area contributed by atoms with Gasteiger partial charge in [-0.2, -0.15) is 0 Å². The van der Waals surface area contributed by atoms with Crippen molar-refractivity contribution in [1.29, 1.82) is 0 Å². The van der Waals surface area contributed by atoms with E-state index in [4.69, 9.17) is 4.74 Å². The van der Waals surface area contributed by atoms with Crippen LogP contribution in [0, 0.1) is 0 Å². The standard InChI is InChI=1S/C18H22N4OS/c1-3-19-10-5-11-23-18-9-8-17-20-13-16(22(17)21-18)14-6-4-7-15(12-14)24-2/h4,6-9,12-13,19H,3,5,10-11H2,1-2H3. The van der Waals surface area contributed by atoms with Crippen LogP contribution in [0.15, 0.2) is 47.5 Å². The molecule has 1 N–H and O–H groups in total. The van der Waals surface area contributed by atoms with Crippen molar-refractivity contribution in [3.8, 4) is 17.1 Å². The first-order valence-corrected chi connectivity index (χ1v) is 9.37. The van der Waals surface area contributed by atoms with Crippen LogP contribution in [0.2, 0.25) is 0 Å². The predicted molar refractivity (Wildman–Crippen MR) is 98.9 cm³/mol. The molecule has 6 heteroatoms. The molecule has 0 fully saturated rings. The van der Waals surface area contributed by atoms with Crippen molar-refractivity contribution in [2.24, 2.45) is 0 Å². The highest BCUT2D eigenvalue weighted by Gasteiger charge is 2.09. The van der Waals surface area contributed by atoms with Gasteiger partial charge in [-0.1, -0.05) is 19.1 Å². The van der Waals surface area contributed by atoms with Crippen LogP contribution in [0.4, 0.5) is 0 Å². The summed E-state index contributed by atoms with van der Waals surface area (Å²) in [4.78, 5) is 5.66. The molecule has 0 aliphatic carbocycles. The van der Waals surface area contributed by atoms with Crippen molar-refractivity contribution < 1.29 is 4.74 Å². The topological polar surface area (TPSA) is 51.5 Å². The summed E-state index contributed by atoms with van der Waals surface area (Å²) in [6, 6.07) is 12.2. The fourth-order valence-corrected chi connectivity index (χ4v) is 2.92. The molecule has 0 unspecified atom stereocenters. The Kier molecular flexibility index (Phi) is 5.72. The second-order valence-corrected chi connectivity index (χ2v) is 6.25. The van der Waals surface area contributed by atoms with Crippen molar-refractivity contribution >= 4 is 17.4 Å². The van der Waals surface area contributed by atoms with E-state index >= 15 is 0 Å². The Morgan fingerprint density at radius 3 is 3.00 bits per heavy atom. The van der Waals surface area contributed by atoms with E-state index in [1.807, 2.05) is 22.8 Å². The smallest absolute Gasteiger partial charge is 0.231 e. The molecule has 0 saturated heterocycles. The molecule has 2 aromatic heterocycles. The fourth-order valence-electron chi connectivity index (χ4n) is 2.46. The van der Waals surface area contributed by atoms with E-state index in [0.717, 1.165) is 36.4 Å². The Hall–Kier alpha value is -2.05. The molecule has 0 spiro atoms. The minimum absolute atomic E-state index is 0.624. The lowest BCUT2D eigenvalue weighted by molar-refractivity contribution is 0.293. The highest BCUT2D eigenvalue weighted by molar-refractivity contribution is 7.98. The Balaban J connectivity index is 1.80. The van der Waals surface area contributed by atoms with Gasteiger partial charge in [0.1, 0.15) is 0 Å². The summed E-state index contributed by atoms with van der Waals surface area (Å²) >= 11 is 1.73. The molecule has 0 amide bonds. The third kappa shape index (κ3) is 3.88. The minimum Gasteiger partial charge on any atom is -0.477 e. The molecule has 3 rings (SSSR count). The number of hydrogen-bond donors (Lipinski definition) is 1. The highest BCUT2D eigenvalue weighted by Crippen LogP contribution is 2.25. The third-order valence-corrected chi connectivity index (χ3v) is 4.43. The van der Waals surface area contributed by atoms with E-state index in [1.54, 1.807) is 11.8 Å². The van der Waals surface area contributed by atoms with Gasteiger partial charge in [-0.15, -0.1) is 16.9 Å². The molecule has 24 heavy (non-hydrogen) atoms. The van der Waals surface area contributed by atoms with Crippen LogP contribution in [0.3, 0.4) is 0 Å². The van der Waals surface area contributed by atoms with Gasteiger partial charge in [-0.25, -0.2) is 9.50 Å². The van der Waals surface area contributed by atoms with E-state index < -0.39 is 0 Å². The van der Waals surface area contributed by atoms with Gasteiger partial charge in [-0.05, 0) is 44.0 Å². The van der Waals surface area contributed by atoms with Gasteiger partial charge in [-0.3, -0.25) is 0 Å². The molecule has 5 nitrogen and oxygen atoms in total. The summed E-state index contributed by atoms with van der Waals surface area (Å²) in [5, 5.41) is 7.87. The normalized spacial score (nSPS) is 11.1. The Bertz CT molecular complexity index is 803. The van der Waals surface area contributed by atoms with Gasteiger partial charge in [0.25, 0.3) is 0 Å². The Morgan fingerprint density at radius 1 is 1.25 bits per heavy atom. The van der Waals surface area contributed by atoms with Crippen LogP contribution in [-0.4, -0.2) is 40.6 Å². The highest BCUT2D eigenvalue weighted by atomic mass is 32.2. The van der Waals surface area contributed by atoms with E-state index in [2.05, 4.69) is 52.8 Å². The van der Waals surface area contributed by atoms with Gasteiger partial charge in [0, 0.05) is 16.5 Å². The molecule has 0 atom stereocenters. The monoisotopic (exact) mass is 342 g/mol. The summed E-state index contributed by atoms with van der Waals surface area (Å²) in [6.45, 7) is 4.69. The summed E-state index contributed by atoms with van der Waals surface area (Å²) in [5.41, 5.74) is 2.89. The molecular formula is C18H22N4OS. The lowest BCUT2D eigenvalue weighted by Gasteiger charge is -2.07. The molecular weight excluding hydrogens is 320 g/mol. The van der Waals surface area contributed by atoms with E-state index in [-0.39, 0.29) is 0 Å². The number of thioether (sulfide) groups is 1. The lowest BCUT2D eigenvalue weighted by atomic mass is 10.2. The van der Waals surface area contributed by atoms with Gasteiger partial charge >= 0.3 is 0 Å². The molecule has 1 aromatic carbocycles. The van der Waals surface area contributed by atoms with E-state index in [9.17, 15) is 0 Å². The number of aromatic nitrogens is 3. The Labute approximate surface area is 146 Å². The predicted octanol–water partition coefficient (Wildman–Crippen LogP) is 3.50. The van der Waals surface area contributed by atoms with Crippen molar-refractivity contribution in [3.05, 3.63) is 42.6 Å². The SMILES string of the molecule is CCNCCCOc1ccc2ncc(-c3cccc(SC)c3)n2n1. The van der Waals surface area contributed by atoms with Crippen molar-refractivity contribution in [1.82, 2.24) is 19.9 Å². The number of nitrogens with one attached hydrogen (secondary N) is 1. The summed E-state index contributed by atoms with van der Waals surface area (Å²) < 4.78 is 7.61. The molecule has 0 aliphatic heterocycles. The third-order valence-electron chi connectivity index (χ3n) is 3.70. The summed E-state index contributed by atoms with van der Waals surface area (Å²) in [5.74, 6) is 0.624. The van der Waals surface area contributed by atoms with Crippen molar-refractivity contribution in [2.45, 2.75) is 18.2 Å². The maximum absolute atomic E-state index is 5.76. The van der Waals surface area contributed by atoms with Gasteiger partial charge in [0.05, 0.1) is 18.5 Å². The van der Waals surface area contributed by atoms with Crippen molar-refractivity contribution in [2.75, 3.05) is 26.0 Å². The fraction of sp³-hybridized carbons (Fsp3) is 0.333. The maximum Gasteiger partial charge on any atom is 0.231 e. The maximum atomic E-state index is 5.76. The summed E-state index contributed by atoms with van der Waals surface area (Å²) in [7, 11) is 0. The van der Waals surface area contributed by atoms with Crippen LogP contribution in [0.5, 0.6) is 5.88 Å². The first-order chi connectivity index (χ1) is 11.8. The lowest BCUT2D eigenvalue weighted by Crippen LogP contribution is -2.16. The quantitative estimate of drug-likeness (QED) is 0.502. The largest absolute Gasteiger partial charge is 0.477 e. The second kappa shape index (κ2) is 8.17. The number of imidazole rings is 1. The van der Waals surface area contributed by atoms with Crippen molar-refractivity contribution in [3.63, 3.8) is 0 Å². The first-order valence-electron chi connectivity index (χ1n) is 8.14. The number of fused-ring (bicyclic) bond motifs is 1. The average Bonchev–Trinajstić information content (AvgIpc) is 3.05. The molecule has 0 radical (unpaired) electrons. The van der Waals surface area contributed by atoms with Crippen LogP contribution in [0.25, 0.3) is 16.9 Å². The zero-order chi connectivity index (χ0) is 16.8. The van der Waals surface area contributed by atoms with Gasteiger partial charge in [0.15, 0.2) is 5.65 Å². The number of rotatable bonds is 8. The molecule has 2 heterocycles. The zero-order valence-corrected chi connectivity index (χ0v) is 14.8. The first kappa shape index (κ1) is 16.8. The van der Waals surface area contributed by atoms with Gasteiger partial charge < -0.3 is 10.1 Å². The molecule has 0 saturated carbocycles. The summed E-state index contributed by atoms with van der Waals surface area (Å²) in [6.07, 6.45) is 4.89. The zero-order valence-electron chi connectivity index (χ0n) is 14.0. The Morgan fingerprint density at radius 2 is 2.17 bits per heavy atom. The van der Waals surface area contributed by atoms with Gasteiger partial charge in [0.2, 0.25) is 5.88 Å². The second-order valence-electron chi connectivity index (χ2n) is 5.37. The van der Waals surface area contributed by atoms with Crippen LogP contribution in [0.1, 0.15) is 13.3 Å². The van der Waals surface area contributed by atoms with E-state index in [0.29, 0.717) is 12.5 Å². The molecule has 0 bridgehead atoms. The van der Waals surface area contributed by atoms with E-state index in [1.165, 1.54) is 4.90 Å². The number of ether oxygens (including phenoxy) is 1. The molecule has 126 valence electrons. The molecule has 0 aliphatic rings. The minimum atomic E-state index is 0.624. The average molecular weight is 342 g/mol. The number of hydrogen-bond acceptors (Lipinski definition) is 5. The van der Waals surface area contributed by atoms with Crippen LogP contribution >= 0.6 is 11.8 Å². The number of nitrogens with zero attached hydrogens (tertiary/aromatic N) is 3. The molecule has 3 aromatic rings.